The van der Waals surface area contributed by atoms with Crippen molar-refractivity contribution in [3.05, 3.63) is 24.2 Å². The Labute approximate surface area is 79.1 Å². The molecular formula is C10H17NO2. The largest absolute Gasteiger partial charge is 0.472 e. The molecule has 0 fully saturated rings. The zero-order valence-corrected chi connectivity index (χ0v) is 8.08. The third-order valence-corrected chi connectivity index (χ3v) is 1.88. The molecule has 1 N–H and O–H groups in total. The number of aryl methyl sites for hydroxylation is 1. The highest BCUT2D eigenvalue weighted by Crippen LogP contribution is 2.02. The summed E-state index contributed by atoms with van der Waals surface area (Å²) in [5.41, 5.74) is 1.27. The first-order valence-electron chi connectivity index (χ1n) is 4.64. The minimum absolute atomic E-state index is 0.783. The van der Waals surface area contributed by atoms with Crippen LogP contribution in [0.3, 0.4) is 0 Å². The van der Waals surface area contributed by atoms with E-state index in [2.05, 4.69) is 5.32 Å². The lowest BCUT2D eigenvalue weighted by Gasteiger charge is -2.02. The molecule has 3 nitrogen and oxygen atoms in total. The van der Waals surface area contributed by atoms with Crippen molar-refractivity contribution in [1.82, 2.24) is 5.32 Å². The summed E-state index contributed by atoms with van der Waals surface area (Å²) in [4.78, 5) is 0. The fourth-order valence-corrected chi connectivity index (χ4v) is 1.15. The Balaban J connectivity index is 1.90. The molecule has 13 heavy (non-hydrogen) atoms. The van der Waals surface area contributed by atoms with Gasteiger partial charge >= 0.3 is 0 Å². The molecule has 0 aromatic carbocycles. The van der Waals surface area contributed by atoms with Gasteiger partial charge in [-0.3, -0.25) is 0 Å². The van der Waals surface area contributed by atoms with Gasteiger partial charge in [-0.15, -0.1) is 0 Å². The van der Waals surface area contributed by atoms with Crippen LogP contribution < -0.4 is 5.32 Å². The van der Waals surface area contributed by atoms with Crippen LogP contribution in [0.4, 0.5) is 0 Å². The van der Waals surface area contributed by atoms with Crippen molar-refractivity contribution in [2.24, 2.45) is 0 Å². The maximum atomic E-state index is 4.97. The van der Waals surface area contributed by atoms with Gasteiger partial charge in [-0.1, -0.05) is 0 Å². The van der Waals surface area contributed by atoms with Gasteiger partial charge in [-0.2, -0.15) is 0 Å². The molecule has 1 rings (SSSR count). The number of methoxy groups -OCH3 is 1. The third kappa shape index (κ3) is 4.70. The molecule has 0 aliphatic heterocycles. The minimum atomic E-state index is 0.783. The number of ether oxygens (including phenoxy) is 1. The zero-order valence-electron chi connectivity index (χ0n) is 8.08. The maximum absolute atomic E-state index is 4.97. The first kappa shape index (κ1) is 10.3. The molecule has 0 unspecified atom stereocenters. The molecule has 74 valence electrons. The van der Waals surface area contributed by atoms with E-state index in [1.165, 1.54) is 5.56 Å². The molecule has 0 atom stereocenters. The molecule has 1 aromatic rings. The van der Waals surface area contributed by atoms with Crippen molar-refractivity contribution in [2.75, 3.05) is 26.8 Å². The molecule has 0 amide bonds. The number of nitrogens with one attached hydrogen (secondary N) is 1. The van der Waals surface area contributed by atoms with Gasteiger partial charge < -0.3 is 14.5 Å². The zero-order chi connectivity index (χ0) is 9.36. The van der Waals surface area contributed by atoms with Crippen LogP contribution in [0.2, 0.25) is 0 Å². The lowest BCUT2D eigenvalue weighted by molar-refractivity contribution is 0.199. The summed E-state index contributed by atoms with van der Waals surface area (Å²) in [5.74, 6) is 0. The number of hydrogen-bond donors (Lipinski definition) is 1. The van der Waals surface area contributed by atoms with Crippen molar-refractivity contribution < 1.29 is 9.15 Å². The quantitative estimate of drug-likeness (QED) is 0.650. The van der Waals surface area contributed by atoms with Crippen molar-refractivity contribution in [3.63, 3.8) is 0 Å². The highest BCUT2D eigenvalue weighted by molar-refractivity contribution is 5.04. The highest BCUT2D eigenvalue weighted by atomic mass is 16.5. The third-order valence-electron chi connectivity index (χ3n) is 1.88. The highest BCUT2D eigenvalue weighted by Gasteiger charge is 1.93. The lowest BCUT2D eigenvalue weighted by atomic mass is 10.2. The Kier molecular flexibility index (Phi) is 5.29. The summed E-state index contributed by atoms with van der Waals surface area (Å²) >= 11 is 0. The first-order valence-corrected chi connectivity index (χ1v) is 4.64. The van der Waals surface area contributed by atoms with Gasteiger partial charge in [0.05, 0.1) is 19.1 Å². The molecule has 0 saturated heterocycles. The van der Waals surface area contributed by atoms with E-state index in [1.54, 1.807) is 19.6 Å². The lowest BCUT2D eigenvalue weighted by Crippen LogP contribution is -2.20. The standard InChI is InChI=1S/C10H17NO2/c1-12-8-6-11-5-2-3-10-4-7-13-9-10/h4,7,9,11H,2-3,5-6,8H2,1H3. The van der Waals surface area contributed by atoms with Crippen molar-refractivity contribution >= 4 is 0 Å². The van der Waals surface area contributed by atoms with E-state index in [9.17, 15) is 0 Å². The Bertz CT molecular complexity index is 197. The predicted molar refractivity (Wildman–Crippen MR) is 51.8 cm³/mol. The Morgan fingerprint density at radius 3 is 3.08 bits per heavy atom. The van der Waals surface area contributed by atoms with Gasteiger partial charge in [-0.25, -0.2) is 0 Å². The fourth-order valence-electron chi connectivity index (χ4n) is 1.15. The Hall–Kier alpha value is -0.800. The van der Waals surface area contributed by atoms with Crippen LogP contribution in [0.25, 0.3) is 0 Å². The average molecular weight is 183 g/mol. The summed E-state index contributed by atoms with van der Waals surface area (Å²) in [6, 6.07) is 2.01. The summed E-state index contributed by atoms with van der Waals surface area (Å²) in [6.45, 7) is 2.75. The van der Waals surface area contributed by atoms with Crippen LogP contribution in [-0.4, -0.2) is 26.8 Å². The van der Waals surface area contributed by atoms with Gasteiger partial charge in [0.25, 0.3) is 0 Å². The van der Waals surface area contributed by atoms with Crippen molar-refractivity contribution in [1.29, 1.82) is 0 Å². The van der Waals surface area contributed by atoms with Crippen molar-refractivity contribution in [2.45, 2.75) is 12.8 Å². The fraction of sp³-hybridized carbons (Fsp3) is 0.600. The molecule has 0 radical (unpaired) electrons. The van der Waals surface area contributed by atoms with Crippen LogP contribution in [0.15, 0.2) is 23.0 Å². The van der Waals surface area contributed by atoms with Gasteiger partial charge in [0.15, 0.2) is 0 Å². The summed E-state index contributed by atoms with van der Waals surface area (Å²) < 4.78 is 9.89. The summed E-state index contributed by atoms with van der Waals surface area (Å²) in [6.07, 6.45) is 5.74. The molecule has 0 aliphatic carbocycles. The molecule has 0 aliphatic rings. The van der Waals surface area contributed by atoms with Gasteiger partial charge in [-0.05, 0) is 31.0 Å². The van der Waals surface area contributed by atoms with Crippen LogP contribution in [0, 0.1) is 0 Å². The monoisotopic (exact) mass is 183 g/mol. The molecule has 1 aromatic heterocycles. The van der Waals surface area contributed by atoms with E-state index >= 15 is 0 Å². The second kappa shape index (κ2) is 6.69. The SMILES string of the molecule is COCCNCCCc1ccoc1. The number of furan rings is 1. The summed E-state index contributed by atoms with van der Waals surface area (Å²) in [7, 11) is 1.72. The van der Waals surface area contributed by atoms with Crippen LogP contribution in [0.5, 0.6) is 0 Å². The maximum Gasteiger partial charge on any atom is 0.0934 e. The van der Waals surface area contributed by atoms with E-state index in [0.29, 0.717) is 0 Å². The predicted octanol–water partition coefficient (Wildman–Crippen LogP) is 1.45. The molecule has 1 heterocycles. The normalized spacial score (nSPS) is 10.5. The van der Waals surface area contributed by atoms with Crippen LogP contribution in [0.1, 0.15) is 12.0 Å². The van der Waals surface area contributed by atoms with E-state index < -0.39 is 0 Å². The average Bonchev–Trinajstić information content (AvgIpc) is 2.63. The van der Waals surface area contributed by atoms with E-state index in [0.717, 1.165) is 32.5 Å². The Morgan fingerprint density at radius 1 is 1.46 bits per heavy atom. The Morgan fingerprint density at radius 2 is 2.38 bits per heavy atom. The topological polar surface area (TPSA) is 34.4 Å². The first-order chi connectivity index (χ1) is 6.43. The van der Waals surface area contributed by atoms with Crippen molar-refractivity contribution in [3.8, 4) is 0 Å². The molecule has 0 spiro atoms. The van der Waals surface area contributed by atoms with E-state index in [1.807, 2.05) is 6.07 Å². The molecular weight excluding hydrogens is 166 g/mol. The van der Waals surface area contributed by atoms with Gasteiger partial charge in [0, 0.05) is 13.7 Å². The number of rotatable bonds is 7. The smallest absolute Gasteiger partial charge is 0.0934 e. The summed E-state index contributed by atoms with van der Waals surface area (Å²) in [5, 5.41) is 3.29. The van der Waals surface area contributed by atoms with Crippen LogP contribution >= 0.6 is 0 Å². The van der Waals surface area contributed by atoms with Gasteiger partial charge in [0.2, 0.25) is 0 Å². The van der Waals surface area contributed by atoms with Crippen LogP contribution in [-0.2, 0) is 11.2 Å². The van der Waals surface area contributed by atoms with E-state index in [4.69, 9.17) is 9.15 Å². The molecule has 3 heteroatoms. The second-order valence-corrected chi connectivity index (χ2v) is 2.98. The molecule has 0 bridgehead atoms. The molecule has 0 saturated carbocycles. The number of hydrogen-bond acceptors (Lipinski definition) is 3. The van der Waals surface area contributed by atoms with Gasteiger partial charge in [0.1, 0.15) is 0 Å². The van der Waals surface area contributed by atoms with E-state index in [-0.39, 0.29) is 0 Å². The second-order valence-electron chi connectivity index (χ2n) is 2.98. The minimum Gasteiger partial charge on any atom is -0.472 e.